The van der Waals surface area contributed by atoms with Crippen LogP contribution in [0.25, 0.3) is 98.7 Å². The minimum atomic E-state index is 1.09. The largest absolute Gasteiger partial charge is 0.310 e. The highest BCUT2D eigenvalue weighted by molar-refractivity contribution is 6.22. The fraction of sp³-hybridized carbons (Fsp3) is 0. The Hall–Kier alpha value is -8.52. The van der Waals surface area contributed by atoms with E-state index in [2.05, 4.69) is 266 Å². The maximum absolute atomic E-state index is 2.45. The zero-order chi connectivity index (χ0) is 43.1. The highest BCUT2D eigenvalue weighted by atomic mass is 15.1. The average molecular weight is 826 g/mol. The summed E-state index contributed by atoms with van der Waals surface area (Å²) >= 11 is 0. The maximum atomic E-state index is 2.45. The van der Waals surface area contributed by atoms with Crippen LogP contribution in [0, 0.1) is 0 Å². The van der Waals surface area contributed by atoms with Gasteiger partial charge in [-0.1, -0.05) is 212 Å². The Morgan fingerprint density at radius 2 is 0.692 bits per heavy atom. The highest BCUT2D eigenvalue weighted by Crippen LogP contribution is 2.48. The number of hydrogen-bond acceptors (Lipinski definition) is 1. The molecule has 304 valence electrons. The van der Waals surface area contributed by atoms with Gasteiger partial charge in [-0.25, -0.2) is 0 Å². The average Bonchev–Trinajstić information content (AvgIpc) is 3.39. The summed E-state index contributed by atoms with van der Waals surface area (Å²) < 4.78 is 0. The molecule has 0 N–H and O–H groups in total. The number of para-hydroxylation sites is 1. The topological polar surface area (TPSA) is 3.24 Å². The van der Waals surface area contributed by atoms with Gasteiger partial charge in [0, 0.05) is 16.9 Å². The first-order valence-corrected chi connectivity index (χ1v) is 22.4. The number of fused-ring (bicyclic) bond motifs is 5. The molecule has 65 heavy (non-hydrogen) atoms. The summed E-state index contributed by atoms with van der Waals surface area (Å²) in [6, 6.07) is 95.4. The molecule has 0 unspecified atom stereocenters. The van der Waals surface area contributed by atoms with Crippen LogP contribution in [0.5, 0.6) is 0 Å². The SMILES string of the molecule is c1ccc(-c2ccc3cc(N(c4cccc(-c5ccc6ccccc6c5)c4)c4ccccc4-c4ccc5c(c4)c(-c4ccccc4)c(-c4ccccc4)c4ccccc45)ccc3c2)cc1. The van der Waals surface area contributed by atoms with Crippen LogP contribution in [0.15, 0.2) is 261 Å². The van der Waals surface area contributed by atoms with Crippen molar-refractivity contribution in [1.82, 2.24) is 0 Å². The first-order valence-electron chi connectivity index (χ1n) is 22.4. The summed E-state index contributed by atoms with van der Waals surface area (Å²) in [6.07, 6.45) is 0. The van der Waals surface area contributed by atoms with Crippen molar-refractivity contribution < 1.29 is 0 Å². The van der Waals surface area contributed by atoms with E-state index in [0.717, 1.165) is 28.2 Å². The highest BCUT2D eigenvalue weighted by Gasteiger charge is 2.22. The number of anilines is 3. The van der Waals surface area contributed by atoms with Gasteiger partial charge in [0.1, 0.15) is 0 Å². The molecule has 0 saturated carbocycles. The number of benzene rings is 12. The summed E-state index contributed by atoms with van der Waals surface area (Å²) in [6.45, 7) is 0. The third kappa shape index (κ3) is 7.01. The molecule has 12 aromatic rings. The van der Waals surface area contributed by atoms with Crippen LogP contribution in [-0.4, -0.2) is 0 Å². The summed E-state index contributed by atoms with van der Waals surface area (Å²) in [5.74, 6) is 0. The third-order valence-electron chi connectivity index (χ3n) is 13.0. The molecular weight excluding hydrogens is 783 g/mol. The molecule has 1 nitrogen and oxygen atoms in total. The van der Waals surface area contributed by atoms with Crippen LogP contribution in [0.2, 0.25) is 0 Å². The molecule has 0 aromatic heterocycles. The molecule has 0 amide bonds. The van der Waals surface area contributed by atoms with Crippen molar-refractivity contribution >= 4 is 60.2 Å². The predicted molar refractivity (Wildman–Crippen MR) is 278 cm³/mol. The van der Waals surface area contributed by atoms with Crippen LogP contribution in [0.4, 0.5) is 17.1 Å². The first-order chi connectivity index (χ1) is 32.2. The fourth-order valence-electron chi connectivity index (χ4n) is 9.88. The van der Waals surface area contributed by atoms with E-state index < -0.39 is 0 Å². The van der Waals surface area contributed by atoms with E-state index in [1.165, 1.54) is 87.6 Å². The van der Waals surface area contributed by atoms with Gasteiger partial charge >= 0.3 is 0 Å². The molecule has 0 aliphatic rings. The molecule has 0 aliphatic carbocycles. The van der Waals surface area contributed by atoms with Gasteiger partial charge in [0.25, 0.3) is 0 Å². The standard InChI is InChI=1S/C64H43N/c1-4-17-44(18-5-1)50-33-34-53-42-56(37-35-52(53)40-50)65(55-26-16-25-49(41-55)51-32-31-45-19-10-11-24-48(45)39-51)62-30-15-14-27-57(62)54-36-38-59-58-28-12-13-29-60(58)63(46-20-6-2-7-21-46)64(61(59)43-54)47-22-8-3-9-23-47/h1-43H. The summed E-state index contributed by atoms with van der Waals surface area (Å²) in [7, 11) is 0. The summed E-state index contributed by atoms with van der Waals surface area (Å²) in [4.78, 5) is 2.45. The van der Waals surface area contributed by atoms with E-state index >= 15 is 0 Å². The van der Waals surface area contributed by atoms with E-state index in [4.69, 9.17) is 0 Å². The molecule has 0 heterocycles. The number of rotatable bonds is 8. The van der Waals surface area contributed by atoms with E-state index in [1.54, 1.807) is 0 Å². The zero-order valence-electron chi connectivity index (χ0n) is 35.8. The van der Waals surface area contributed by atoms with E-state index in [0.29, 0.717) is 0 Å². The van der Waals surface area contributed by atoms with Gasteiger partial charge in [-0.2, -0.15) is 0 Å². The molecular formula is C64H43N. The first kappa shape index (κ1) is 38.2. The Kier molecular flexibility index (Phi) is 9.58. The number of nitrogens with zero attached hydrogens (tertiary/aromatic N) is 1. The second-order valence-electron chi connectivity index (χ2n) is 16.9. The molecule has 0 spiro atoms. The lowest BCUT2D eigenvalue weighted by molar-refractivity contribution is 1.29. The molecule has 12 aromatic carbocycles. The monoisotopic (exact) mass is 825 g/mol. The van der Waals surface area contributed by atoms with Gasteiger partial charge < -0.3 is 4.90 Å². The van der Waals surface area contributed by atoms with E-state index in [9.17, 15) is 0 Å². The Morgan fingerprint density at radius 1 is 0.215 bits per heavy atom. The van der Waals surface area contributed by atoms with Gasteiger partial charge in [0.2, 0.25) is 0 Å². The normalized spacial score (nSPS) is 11.4. The molecule has 0 fully saturated rings. The Labute approximate surface area is 379 Å². The van der Waals surface area contributed by atoms with Crippen molar-refractivity contribution in [3.05, 3.63) is 261 Å². The molecule has 0 aliphatic heterocycles. The van der Waals surface area contributed by atoms with Gasteiger partial charge in [0.15, 0.2) is 0 Å². The molecule has 0 atom stereocenters. The molecule has 0 radical (unpaired) electrons. The van der Waals surface area contributed by atoms with Crippen molar-refractivity contribution in [2.45, 2.75) is 0 Å². The van der Waals surface area contributed by atoms with Crippen LogP contribution < -0.4 is 4.90 Å². The fourth-order valence-corrected chi connectivity index (χ4v) is 9.88. The van der Waals surface area contributed by atoms with Crippen LogP contribution in [0.1, 0.15) is 0 Å². The lowest BCUT2D eigenvalue weighted by Gasteiger charge is -2.29. The Bertz CT molecular complexity index is 3700. The van der Waals surface area contributed by atoms with Crippen molar-refractivity contribution in [2.75, 3.05) is 4.90 Å². The lowest BCUT2D eigenvalue weighted by Crippen LogP contribution is -2.11. The maximum Gasteiger partial charge on any atom is 0.0540 e. The van der Waals surface area contributed by atoms with Gasteiger partial charge in [-0.05, 0) is 142 Å². The third-order valence-corrected chi connectivity index (χ3v) is 13.0. The Morgan fingerprint density at radius 3 is 1.45 bits per heavy atom. The lowest BCUT2D eigenvalue weighted by atomic mass is 9.84. The Balaban J connectivity index is 1.08. The molecule has 1 heteroatoms. The van der Waals surface area contributed by atoms with Crippen LogP contribution >= 0.6 is 0 Å². The second kappa shape index (κ2) is 16.3. The van der Waals surface area contributed by atoms with E-state index in [-0.39, 0.29) is 0 Å². The minimum Gasteiger partial charge on any atom is -0.310 e. The molecule has 0 saturated heterocycles. The summed E-state index contributed by atoms with van der Waals surface area (Å²) in [5.41, 5.74) is 15.3. The molecule has 0 bridgehead atoms. The summed E-state index contributed by atoms with van der Waals surface area (Å²) in [5, 5.41) is 9.84. The predicted octanol–water partition coefficient (Wildman–Crippen LogP) is 18.1. The van der Waals surface area contributed by atoms with Crippen LogP contribution in [-0.2, 0) is 0 Å². The minimum absolute atomic E-state index is 1.09. The van der Waals surface area contributed by atoms with Crippen molar-refractivity contribution in [3.8, 4) is 55.6 Å². The van der Waals surface area contributed by atoms with Crippen LogP contribution in [0.3, 0.4) is 0 Å². The van der Waals surface area contributed by atoms with Gasteiger partial charge in [-0.15, -0.1) is 0 Å². The van der Waals surface area contributed by atoms with Gasteiger partial charge in [0.05, 0.1) is 5.69 Å². The number of hydrogen-bond donors (Lipinski definition) is 0. The zero-order valence-corrected chi connectivity index (χ0v) is 35.8. The smallest absolute Gasteiger partial charge is 0.0540 e. The van der Waals surface area contributed by atoms with E-state index in [1.807, 2.05) is 0 Å². The quantitative estimate of drug-likeness (QED) is 0.138. The van der Waals surface area contributed by atoms with Crippen molar-refractivity contribution in [2.24, 2.45) is 0 Å². The second-order valence-corrected chi connectivity index (χ2v) is 16.9. The van der Waals surface area contributed by atoms with Crippen molar-refractivity contribution in [3.63, 3.8) is 0 Å². The van der Waals surface area contributed by atoms with Crippen molar-refractivity contribution in [1.29, 1.82) is 0 Å². The van der Waals surface area contributed by atoms with Gasteiger partial charge in [-0.3, -0.25) is 0 Å². The molecule has 12 rings (SSSR count).